The summed E-state index contributed by atoms with van der Waals surface area (Å²) in [6.45, 7) is 4.10. The summed E-state index contributed by atoms with van der Waals surface area (Å²) in [6, 6.07) is 6.73. The lowest BCUT2D eigenvalue weighted by molar-refractivity contribution is -0.122. The van der Waals surface area contributed by atoms with Gasteiger partial charge in [0.1, 0.15) is 11.6 Å². The van der Waals surface area contributed by atoms with Gasteiger partial charge < -0.3 is 15.4 Å². The number of ether oxygens (including phenoxy) is 1. The number of hydrogen-bond acceptors (Lipinski definition) is 5. The number of rotatable bonds is 7. The number of ketones is 1. The molecule has 2 saturated heterocycles. The molecular weight excluding hydrogens is 417 g/mol. The Morgan fingerprint density at radius 2 is 2.06 bits per heavy atom. The SMILES string of the molecule is O=C(Cc1cc(-c2cc(NCC3CCOCC3)ccc2F)c(Cl)cn1)[C@@H]1CCCNC1. The molecule has 0 aliphatic carbocycles. The van der Waals surface area contributed by atoms with Crippen LogP contribution in [-0.4, -0.2) is 43.6 Å². The minimum atomic E-state index is -0.349. The molecule has 0 amide bonds. The van der Waals surface area contributed by atoms with E-state index in [1.54, 1.807) is 18.2 Å². The molecule has 4 rings (SSSR count). The highest BCUT2D eigenvalue weighted by Crippen LogP contribution is 2.32. The fourth-order valence-corrected chi connectivity index (χ4v) is 4.49. The molecule has 166 valence electrons. The second-order valence-corrected chi connectivity index (χ2v) is 8.88. The summed E-state index contributed by atoms with van der Waals surface area (Å²) in [7, 11) is 0. The van der Waals surface area contributed by atoms with Gasteiger partial charge in [0.2, 0.25) is 0 Å². The van der Waals surface area contributed by atoms with Crippen LogP contribution in [0.5, 0.6) is 0 Å². The maximum absolute atomic E-state index is 14.7. The van der Waals surface area contributed by atoms with E-state index in [2.05, 4.69) is 15.6 Å². The van der Waals surface area contributed by atoms with Crippen molar-refractivity contribution in [3.8, 4) is 11.1 Å². The molecule has 0 unspecified atom stereocenters. The smallest absolute Gasteiger partial charge is 0.143 e. The molecule has 1 aromatic carbocycles. The van der Waals surface area contributed by atoms with Gasteiger partial charge in [-0.25, -0.2) is 4.39 Å². The van der Waals surface area contributed by atoms with Crippen LogP contribution >= 0.6 is 11.6 Å². The molecule has 0 saturated carbocycles. The Bertz CT molecular complexity index is 912. The molecule has 31 heavy (non-hydrogen) atoms. The third kappa shape index (κ3) is 5.82. The number of piperidine rings is 1. The number of nitrogens with one attached hydrogen (secondary N) is 2. The number of anilines is 1. The number of aromatic nitrogens is 1. The third-order valence-corrected chi connectivity index (χ3v) is 6.51. The molecule has 2 N–H and O–H groups in total. The molecule has 0 radical (unpaired) electrons. The van der Waals surface area contributed by atoms with Crippen LogP contribution in [0.1, 0.15) is 31.4 Å². The highest BCUT2D eigenvalue weighted by atomic mass is 35.5. The van der Waals surface area contributed by atoms with Crippen molar-refractivity contribution in [2.45, 2.75) is 32.1 Å². The number of pyridine rings is 1. The summed E-state index contributed by atoms with van der Waals surface area (Å²) in [5, 5.41) is 7.06. The van der Waals surface area contributed by atoms with Crippen LogP contribution in [0.25, 0.3) is 11.1 Å². The van der Waals surface area contributed by atoms with Gasteiger partial charge in [-0.05, 0) is 62.4 Å². The maximum Gasteiger partial charge on any atom is 0.143 e. The highest BCUT2D eigenvalue weighted by Gasteiger charge is 2.22. The van der Waals surface area contributed by atoms with Gasteiger partial charge in [-0.1, -0.05) is 11.6 Å². The number of halogens is 2. The van der Waals surface area contributed by atoms with Crippen LogP contribution in [0.15, 0.2) is 30.5 Å². The lowest BCUT2D eigenvalue weighted by atomic mass is 9.92. The summed E-state index contributed by atoms with van der Waals surface area (Å²) >= 11 is 6.38. The molecule has 2 aliphatic rings. The Morgan fingerprint density at radius 3 is 2.84 bits per heavy atom. The number of carbonyl (C=O) groups excluding carboxylic acids is 1. The van der Waals surface area contributed by atoms with E-state index >= 15 is 0 Å². The summed E-state index contributed by atoms with van der Waals surface area (Å²) in [5.74, 6) is 0.390. The zero-order chi connectivity index (χ0) is 21.6. The van der Waals surface area contributed by atoms with Crippen LogP contribution in [-0.2, 0) is 16.0 Å². The average molecular weight is 446 g/mol. The fraction of sp³-hybridized carbons (Fsp3) is 0.500. The largest absolute Gasteiger partial charge is 0.385 e. The molecule has 1 atom stereocenters. The van der Waals surface area contributed by atoms with E-state index in [0.29, 0.717) is 27.8 Å². The van der Waals surface area contributed by atoms with Crippen molar-refractivity contribution in [1.82, 2.24) is 10.3 Å². The zero-order valence-electron chi connectivity index (χ0n) is 17.6. The van der Waals surface area contributed by atoms with Crippen molar-refractivity contribution in [3.05, 3.63) is 47.0 Å². The second kappa shape index (κ2) is 10.5. The van der Waals surface area contributed by atoms with E-state index < -0.39 is 0 Å². The first-order valence-corrected chi connectivity index (χ1v) is 11.5. The average Bonchev–Trinajstić information content (AvgIpc) is 2.81. The summed E-state index contributed by atoms with van der Waals surface area (Å²) in [4.78, 5) is 17.0. The summed E-state index contributed by atoms with van der Waals surface area (Å²) < 4.78 is 20.1. The first kappa shape index (κ1) is 22.2. The molecule has 2 fully saturated rings. The van der Waals surface area contributed by atoms with Crippen LogP contribution in [0.2, 0.25) is 5.02 Å². The van der Waals surface area contributed by atoms with Gasteiger partial charge in [0.05, 0.1) is 5.02 Å². The Balaban J connectivity index is 1.49. The molecule has 2 aromatic rings. The van der Waals surface area contributed by atoms with Crippen LogP contribution in [0.4, 0.5) is 10.1 Å². The maximum atomic E-state index is 14.7. The molecule has 5 nitrogen and oxygen atoms in total. The molecule has 0 bridgehead atoms. The van der Waals surface area contributed by atoms with Crippen molar-refractivity contribution in [1.29, 1.82) is 0 Å². The van der Waals surface area contributed by atoms with Crippen molar-refractivity contribution >= 4 is 23.1 Å². The molecule has 1 aromatic heterocycles. The number of Topliss-reactive ketones (excluding diaryl/α,β-unsaturated/α-hetero) is 1. The summed E-state index contributed by atoms with van der Waals surface area (Å²) in [6.07, 6.45) is 5.73. The van der Waals surface area contributed by atoms with E-state index in [4.69, 9.17) is 16.3 Å². The van der Waals surface area contributed by atoms with Gasteiger partial charge in [0.25, 0.3) is 0 Å². The first-order valence-electron chi connectivity index (χ1n) is 11.1. The lowest BCUT2D eigenvalue weighted by Crippen LogP contribution is -2.35. The van der Waals surface area contributed by atoms with Crippen molar-refractivity contribution in [2.24, 2.45) is 11.8 Å². The molecular formula is C24H29ClFN3O2. The van der Waals surface area contributed by atoms with Gasteiger partial charge in [-0.2, -0.15) is 0 Å². The summed E-state index contributed by atoms with van der Waals surface area (Å²) in [5.41, 5.74) is 2.45. The van der Waals surface area contributed by atoms with Crippen molar-refractivity contribution in [2.75, 3.05) is 38.2 Å². The van der Waals surface area contributed by atoms with Gasteiger partial charge in [0, 0.05) is 67.3 Å². The van der Waals surface area contributed by atoms with Crippen molar-refractivity contribution < 1.29 is 13.9 Å². The molecule has 0 spiro atoms. The molecule has 3 heterocycles. The van der Waals surface area contributed by atoms with Gasteiger partial charge >= 0.3 is 0 Å². The van der Waals surface area contributed by atoms with Gasteiger partial charge in [0.15, 0.2) is 0 Å². The lowest BCUT2D eigenvalue weighted by Gasteiger charge is -2.23. The van der Waals surface area contributed by atoms with Gasteiger partial charge in [-0.3, -0.25) is 9.78 Å². The number of benzene rings is 1. The standard InChI is InChI=1S/C24H29ClFN3O2/c25-22-15-29-19(12-24(30)17-2-1-7-27-14-17)11-20(22)21-10-18(3-4-23(21)26)28-13-16-5-8-31-9-6-16/h3-4,10-11,15-17,27-28H,1-2,5-9,12-14H2/t17-/m1/s1. The van der Waals surface area contributed by atoms with E-state index in [1.165, 1.54) is 12.3 Å². The van der Waals surface area contributed by atoms with Crippen LogP contribution < -0.4 is 10.6 Å². The van der Waals surface area contributed by atoms with E-state index in [9.17, 15) is 9.18 Å². The number of hydrogen-bond donors (Lipinski definition) is 2. The topological polar surface area (TPSA) is 63.2 Å². The Labute approximate surface area is 187 Å². The molecule has 7 heteroatoms. The fourth-order valence-electron chi connectivity index (χ4n) is 4.29. The highest BCUT2D eigenvalue weighted by molar-refractivity contribution is 6.33. The number of carbonyl (C=O) groups is 1. The number of nitrogens with zero attached hydrogens (tertiary/aromatic N) is 1. The van der Waals surface area contributed by atoms with E-state index in [-0.39, 0.29) is 23.9 Å². The quantitative estimate of drug-likeness (QED) is 0.657. The first-order chi connectivity index (χ1) is 15.1. The zero-order valence-corrected chi connectivity index (χ0v) is 18.4. The van der Waals surface area contributed by atoms with E-state index in [0.717, 1.165) is 64.2 Å². The van der Waals surface area contributed by atoms with Crippen LogP contribution in [0.3, 0.4) is 0 Å². The predicted octanol–water partition coefficient (Wildman–Crippen LogP) is 4.49. The Hall–Kier alpha value is -2.02. The second-order valence-electron chi connectivity index (χ2n) is 8.47. The van der Waals surface area contributed by atoms with Gasteiger partial charge in [-0.15, -0.1) is 0 Å². The van der Waals surface area contributed by atoms with E-state index in [1.807, 2.05) is 0 Å². The Morgan fingerprint density at radius 1 is 1.23 bits per heavy atom. The normalized spacial score (nSPS) is 19.9. The Kier molecular flexibility index (Phi) is 7.54. The van der Waals surface area contributed by atoms with Crippen molar-refractivity contribution in [3.63, 3.8) is 0 Å². The molecule has 2 aliphatic heterocycles. The monoisotopic (exact) mass is 445 g/mol. The minimum Gasteiger partial charge on any atom is -0.385 e. The predicted molar refractivity (Wildman–Crippen MR) is 121 cm³/mol. The minimum absolute atomic E-state index is 0.0177. The van der Waals surface area contributed by atoms with Crippen LogP contribution in [0, 0.1) is 17.7 Å². The third-order valence-electron chi connectivity index (χ3n) is 6.21.